The fourth-order valence-electron chi connectivity index (χ4n) is 8.59. The van der Waals surface area contributed by atoms with Gasteiger partial charge in [-0.2, -0.15) is 92.2 Å². The number of hydrogen-bond acceptors (Lipinski definition) is 12. The van der Waals surface area contributed by atoms with Crippen molar-refractivity contribution in [3.05, 3.63) is 0 Å². The second kappa shape index (κ2) is 22.9. The number of hydrogen-bond donors (Lipinski definition) is 3. The Labute approximate surface area is 470 Å². The summed E-state index contributed by atoms with van der Waals surface area (Å²) in [6.45, 7) is 10.7. The normalized spacial score (nSPS) is 26.1. The van der Waals surface area contributed by atoms with Crippen molar-refractivity contribution in [3.63, 3.8) is 0 Å². The fraction of sp³-hybridized carbons (Fsp3) is 0.786. The van der Waals surface area contributed by atoms with E-state index in [9.17, 15) is 135 Å². The predicted octanol–water partition coefficient (Wildman–Crippen LogP) is 10.2. The van der Waals surface area contributed by atoms with E-state index in [1.54, 1.807) is 0 Å². The number of alkyl halides is 21. The van der Waals surface area contributed by atoms with E-state index in [4.69, 9.17) is 15.3 Å². The molecule has 0 aromatic rings. The Hall–Kier alpha value is -4.06. The van der Waals surface area contributed by atoms with E-state index in [0.717, 1.165) is 20.8 Å². The van der Waals surface area contributed by atoms with Crippen LogP contribution >= 0.6 is 0 Å². The molecule has 6 atom stereocenters. The summed E-state index contributed by atoms with van der Waals surface area (Å²) < 4.78 is 276. The summed E-state index contributed by atoms with van der Waals surface area (Å²) in [5, 5.41) is 27.3. The van der Waals surface area contributed by atoms with Crippen molar-refractivity contribution < 1.29 is 214 Å². The summed E-state index contributed by atoms with van der Waals surface area (Å²) in [7, 11) is 0. The number of rotatable bonds is 12. The van der Waals surface area contributed by atoms with Gasteiger partial charge in [0.05, 0.1) is 34.0 Å². The van der Waals surface area contributed by atoms with Gasteiger partial charge in [0, 0.05) is 49.4 Å². The largest absolute Gasteiger partial charge is 0.481 e. The molecule has 15 nitrogen and oxygen atoms in total. The summed E-state index contributed by atoms with van der Waals surface area (Å²) >= 11 is 0. The number of aliphatic carboxylic acids is 3. The Balaban J connectivity index is 0.00000115. The summed E-state index contributed by atoms with van der Waals surface area (Å²) in [5.41, 5.74) is -9.94. The van der Waals surface area contributed by atoms with E-state index in [1.807, 2.05) is 0 Å². The van der Waals surface area contributed by atoms with E-state index in [1.165, 1.54) is 41.5 Å². The Morgan fingerprint density at radius 1 is 0.342 bits per heavy atom. The number of esters is 6. The van der Waals surface area contributed by atoms with E-state index in [-0.39, 0.29) is 87.9 Å². The molecule has 0 heterocycles. The maximum absolute atomic E-state index is 13.3. The van der Waals surface area contributed by atoms with Gasteiger partial charge in [-0.3, -0.25) is 28.8 Å². The van der Waals surface area contributed by atoms with Gasteiger partial charge in [0.2, 0.25) is 0 Å². The standard InChI is InChI=1S/3C14H15F7O5.Eu/c3*1-10(2)6(7(22)23)4-5-11(10,3)8(24)26-9(25)12(15,16)13(17,18)14(19,20)21;/h3*6H,4-5H2,1-3H3,(H,22,23);. The smallest absolute Gasteiger partial charge is 0.460 e. The van der Waals surface area contributed by atoms with Crippen molar-refractivity contribution >= 4 is 53.7 Å². The van der Waals surface area contributed by atoms with Crippen LogP contribution in [-0.4, -0.2) is 123 Å². The molecule has 0 aromatic carbocycles. The average molecular weight is 1340 g/mol. The molecule has 0 saturated heterocycles. The molecule has 0 amide bonds. The number of carboxylic acids is 3. The minimum Gasteiger partial charge on any atom is -0.481 e. The van der Waals surface area contributed by atoms with Crippen LogP contribution in [0.1, 0.15) is 101 Å². The summed E-state index contributed by atoms with van der Waals surface area (Å²) in [6, 6.07) is 0. The van der Waals surface area contributed by atoms with Gasteiger partial charge in [-0.15, -0.1) is 0 Å². The van der Waals surface area contributed by atoms with Gasteiger partial charge in [0.15, 0.2) is 0 Å². The van der Waals surface area contributed by atoms with Crippen molar-refractivity contribution in [2.75, 3.05) is 0 Å². The fourth-order valence-corrected chi connectivity index (χ4v) is 8.59. The molecule has 3 rings (SSSR count). The number of carboxylic acid groups (broad SMARTS) is 3. The molecule has 457 valence electrons. The van der Waals surface area contributed by atoms with Crippen LogP contribution in [0.25, 0.3) is 0 Å². The third-order valence-electron chi connectivity index (χ3n) is 15.5. The van der Waals surface area contributed by atoms with Crippen LogP contribution in [0.3, 0.4) is 0 Å². The van der Waals surface area contributed by atoms with Gasteiger partial charge in [-0.1, -0.05) is 41.5 Å². The van der Waals surface area contributed by atoms with Crippen LogP contribution in [0.5, 0.6) is 0 Å². The first kappa shape index (κ1) is 74.9. The zero-order valence-electron chi connectivity index (χ0n) is 41.5. The summed E-state index contributed by atoms with van der Waals surface area (Å²) in [6.07, 6.45) is -21.4. The molecule has 1 radical (unpaired) electrons. The molecule has 3 fully saturated rings. The van der Waals surface area contributed by atoms with Gasteiger partial charge < -0.3 is 29.5 Å². The monoisotopic (exact) mass is 1340 g/mol. The third-order valence-corrected chi connectivity index (χ3v) is 15.5. The van der Waals surface area contributed by atoms with Gasteiger partial charge in [0.25, 0.3) is 0 Å². The SMILES string of the molecule is CC1(C(=O)OC(=O)C(F)(F)C(F)(F)C(F)(F)F)CCC(C(=O)O)C1(C)C.CC1(C(=O)OC(=O)C(F)(F)C(F)(F)C(F)(F)F)CCC(C(=O)O)C1(C)C.CC1(C(=O)OC(=O)C(F)(F)C(F)(F)C(F)(F)F)CCC(C(=O)O)C1(C)C.[Eu]. The molecular weight excluding hydrogens is 1300 g/mol. The minimum absolute atomic E-state index is 0. The van der Waals surface area contributed by atoms with Gasteiger partial charge >= 0.3 is 108 Å². The van der Waals surface area contributed by atoms with Crippen molar-refractivity contribution in [2.24, 2.45) is 50.2 Å². The number of halogens is 21. The molecule has 0 aromatic heterocycles. The van der Waals surface area contributed by atoms with Gasteiger partial charge in [-0.25, -0.2) is 14.4 Å². The topological polar surface area (TPSA) is 242 Å². The van der Waals surface area contributed by atoms with Crippen LogP contribution < -0.4 is 0 Å². The average Bonchev–Trinajstić information content (AvgIpc) is 3.76. The van der Waals surface area contributed by atoms with Crippen LogP contribution in [0.4, 0.5) is 92.2 Å². The Kier molecular flexibility index (Phi) is 21.8. The molecule has 6 unspecified atom stereocenters. The Morgan fingerprint density at radius 2 is 0.494 bits per heavy atom. The van der Waals surface area contributed by atoms with E-state index < -0.39 is 158 Å². The first-order valence-corrected chi connectivity index (χ1v) is 21.5. The Bertz CT molecular complexity index is 2140. The first-order chi connectivity index (χ1) is 34.0. The van der Waals surface area contributed by atoms with Crippen LogP contribution in [-0.2, 0) is 57.4 Å². The molecule has 79 heavy (non-hydrogen) atoms. The number of carbonyl (C=O) groups excluding carboxylic acids is 6. The summed E-state index contributed by atoms with van der Waals surface area (Å²) in [4.78, 5) is 103. The molecule has 3 aliphatic rings. The molecule has 0 bridgehead atoms. The second-order valence-corrected chi connectivity index (χ2v) is 20.4. The zero-order valence-corrected chi connectivity index (χ0v) is 44.0. The zero-order chi connectivity index (χ0) is 62.8. The van der Waals surface area contributed by atoms with Gasteiger partial charge in [0.1, 0.15) is 0 Å². The number of ether oxygens (including phenoxy) is 3. The van der Waals surface area contributed by atoms with E-state index >= 15 is 0 Å². The van der Waals surface area contributed by atoms with Gasteiger partial charge in [-0.05, 0) is 75.5 Å². The van der Waals surface area contributed by atoms with Crippen LogP contribution in [0.2, 0.25) is 0 Å². The predicted molar refractivity (Wildman–Crippen MR) is 208 cm³/mol. The number of carbonyl (C=O) groups is 9. The molecule has 3 N–H and O–H groups in total. The quantitative estimate of drug-likeness (QED) is 0.0712. The van der Waals surface area contributed by atoms with Crippen LogP contribution in [0, 0.1) is 99.6 Å². The Morgan fingerprint density at radius 3 is 0.608 bits per heavy atom. The molecule has 0 aliphatic heterocycles. The molecule has 3 saturated carbocycles. The van der Waals surface area contributed by atoms with Crippen LogP contribution in [0.15, 0.2) is 0 Å². The van der Waals surface area contributed by atoms with E-state index in [2.05, 4.69) is 14.2 Å². The van der Waals surface area contributed by atoms with Crippen molar-refractivity contribution in [1.82, 2.24) is 0 Å². The molecular formula is C42H45EuF21O15. The minimum atomic E-state index is -6.76. The van der Waals surface area contributed by atoms with Crippen molar-refractivity contribution in [3.8, 4) is 0 Å². The summed E-state index contributed by atoms with van der Waals surface area (Å²) in [5.74, 6) is -62.2. The van der Waals surface area contributed by atoms with Crippen molar-refractivity contribution in [2.45, 2.75) is 155 Å². The maximum Gasteiger partial charge on any atom is 0.460 e. The maximum atomic E-state index is 13.3. The van der Waals surface area contributed by atoms with Crippen molar-refractivity contribution in [1.29, 1.82) is 0 Å². The molecule has 37 heteroatoms. The van der Waals surface area contributed by atoms with E-state index in [0.29, 0.717) is 0 Å². The third kappa shape index (κ3) is 12.8. The first-order valence-electron chi connectivity index (χ1n) is 21.5. The second-order valence-electron chi connectivity index (χ2n) is 20.4. The molecule has 3 aliphatic carbocycles. The molecule has 0 spiro atoms.